The van der Waals surface area contributed by atoms with Crippen molar-refractivity contribution < 1.29 is 19.2 Å². The fourth-order valence-electron chi connectivity index (χ4n) is 6.29. The minimum Gasteiger partial charge on any atom is -0.327 e. The van der Waals surface area contributed by atoms with Crippen LogP contribution in [0, 0.1) is 13.8 Å². The van der Waals surface area contributed by atoms with Crippen LogP contribution < -0.4 is 10.6 Å². The Labute approximate surface area is 279 Å². The lowest BCUT2D eigenvalue weighted by Crippen LogP contribution is -2.43. The summed E-state index contributed by atoms with van der Waals surface area (Å²) in [7, 11) is 0. The second kappa shape index (κ2) is 14.4. The van der Waals surface area contributed by atoms with Crippen molar-refractivity contribution in [3.8, 4) is 0 Å². The van der Waals surface area contributed by atoms with Crippen molar-refractivity contribution in [3.63, 3.8) is 0 Å². The van der Waals surface area contributed by atoms with Gasteiger partial charge in [-0.2, -0.15) is 0 Å². The highest BCUT2D eigenvalue weighted by atomic mass is 16.2. The van der Waals surface area contributed by atoms with Gasteiger partial charge in [0.25, 0.3) is 11.8 Å². The second-order valence-electron chi connectivity index (χ2n) is 12.1. The Bertz CT molecular complexity index is 1720. The molecule has 0 saturated carbocycles. The summed E-state index contributed by atoms with van der Waals surface area (Å²) >= 11 is 0. The second-order valence-corrected chi connectivity index (χ2v) is 12.1. The molecule has 2 aromatic heterocycles. The van der Waals surface area contributed by atoms with Crippen LogP contribution in [0.5, 0.6) is 0 Å². The van der Waals surface area contributed by atoms with Gasteiger partial charge in [-0.05, 0) is 99.2 Å². The molecule has 10 nitrogen and oxygen atoms in total. The first-order valence-corrected chi connectivity index (χ1v) is 16.2. The molecule has 0 aliphatic carbocycles. The summed E-state index contributed by atoms with van der Waals surface area (Å²) in [6.07, 6.45) is 10.0. The van der Waals surface area contributed by atoms with Gasteiger partial charge in [-0.1, -0.05) is 36.4 Å². The molecule has 2 N–H and O–H groups in total. The first-order valence-electron chi connectivity index (χ1n) is 16.2. The highest BCUT2D eigenvalue weighted by molar-refractivity contribution is 6.03. The molecule has 0 unspecified atom stereocenters. The monoisotopic (exact) mass is 642 g/mol. The Kier molecular flexibility index (Phi) is 9.70. The number of aryl methyl sites for hydroxylation is 2. The first kappa shape index (κ1) is 32.3. The maximum Gasteiger partial charge on any atom is 0.256 e. The molecule has 10 heteroatoms. The van der Waals surface area contributed by atoms with E-state index in [0.29, 0.717) is 59.8 Å². The third-order valence-corrected chi connectivity index (χ3v) is 8.93. The summed E-state index contributed by atoms with van der Waals surface area (Å²) in [5, 5.41) is 5.93. The summed E-state index contributed by atoms with van der Waals surface area (Å²) in [5.74, 6) is -0.738. The van der Waals surface area contributed by atoms with Crippen LogP contribution in [0.15, 0.2) is 85.2 Å². The number of benzene rings is 2. The maximum atomic E-state index is 13.1. The zero-order chi connectivity index (χ0) is 33.6. The molecule has 2 atom stereocenters. The van der Waals surface area contributed by atoms with E-state index >= 15 is 0 Å². The van der Waals surface area contributed by atoms with Crippen LogP contribution in [0.25, 0.3) is 12.2 Å². The van der Waals surface area contributed by atoms with Gasteiger partial charge in [-0.25, -0.2) is 0 Å². The summed E-state index contributed by atoms with van der Waals surface area (Å²) < 4.78 is 0. The van der Waals surface area contributed by atoms with Crippen LogP contribution in [0.4, 0.5) is 11.4 Å². The molecule has 244 valence electrons. The maximum absolute atomic E-state index is 13.1. The number of nitrogens with one attached hydrogen (secondary N) is 2. The van der Waals surface area contributed by atoms with Gasteiger partial charge in [0.1, 0.15) is 12.1 Å². The molecule has 4 amide bonds. The van der Waals surface area contributed by atoms with E-state index in [1.165, 1.54) is 0 Å². The number of hydrogen-bond donors (Lipinski definition) is 2. The standard InChI is InChI=1S/C38H38N6O4/c1-25-31(7-3-21-39-25)37(47)43-23-5-9-33(43)35(45)41-29-17-13-27(14-18-29)11-12-28-15-19-30(20-16-28)42-36(46)34-10-6-24-44(34)38(48)32-8-4-22-40-26(32)2/h3-4,7-8,11-22,33-34H,5-6,9-10,23-24H2,1-2H3,(H,41,45)(H,42,46)/t33-,34-/m0/s1. The third-order valence-electron chi connectivity index (χ3n) is 8.93. The molecule has 4 heterocycles. The number of aromatic nitrogens is 2. The zero-order valence-electron chi connectivity index (χ0n) is 27.1. The quantitative estimate of drug-likeness (QED) is 0.236. The first-order chi connectivity index (χ1) is 23.3. The molecule has 48 heavy (non-hydrogen) atoms. The van der Waals surface area contributed by atoms with Crippen molar-refractivity contribution in [1.82, 2.24) is 19.8 Å². The van der Waals surface area contributed by atoms with Crippen LogP contribution >= 0.6 is 0 Å². The lowest BCUT2D eigenvalue weighted by atomic mass is 10.1. The number of likely N-dealkylation sites (tertiary alicyclic amines) is 2. The van der Waals surface area contributed by atoms with E-state index in [1.807, 2.05) is 60.7 Å². The molecule has 0 radical (unpaired) electrons. The Balaban J connectivity index is 1.02. The molecule has 2 aliphatic rings. The number of nitrogens with zero attached hydrogens (tertiary/aromatic N) is 4. The summed E-state index contributed by atoms with van der Waals surface area (Å²) in [4.78, 5) is 64.3. The van der Waals surface area contributed by atoms with Crippen LogP contribution in [0.2, 0.25) is 0 Å². The van der Waals surface area contributed by atoms with Gasteiger partial charge in [0, 0.05) is 48.2 Å². The SMILES string of the molecule is Cc1ncccc1C(=O)N1CCC[C@H]1C(=O)Nc1ccc(C=Cc2ccc(NC(=O)[C@@H]3CCCN3C(=O)c3cccnc3C)cc2)cc1. The molecule has 2 aliphatic heterocycles. The number of carbonyl (C=O) groups is 4. The zero-order valence-corrected chi connectivity index (χ0v) is 27.1. The fourth-order valence-corrected chi connectivity index (χ4v) is 6.29. The number of anilines is 2. The highest BCUT2D eigenvalue weighted by Crippen LogP contribution is 2.25. The molecule has 2 fully saturated rings. The van der Waals surface area contributed by atoms with E-state index < -0.39 is 12.1 Å². The molecular formula is C38H38N6O4. The third kappa shape index (κ3) is 7.17. The van der Waals surface area contributed by atoms with Crippen molar-refractivity contribution in [3.05, 3.63) is 119 Å². The van der Waals surface area contributed by atoms with Crippen molar-refractivity contribution in [1.29, 1.82) is 0 Å². The number of carbonyl (C=O) groups excluding carboxylic acids is 4. The lowest BCUT2D eigenvalue weighted by Gasteiger charge is -2.24. The summed E-state index contributed by atoms with van der Waals surface area (Å²) in [6.45, 7) is 4.67. The predicted octanol–water partition coefficient (Wildman–Crippen LogP) is 5.75. The summed E-state index contributed by atoms with van der Waals surface area (Å²) in [5.41, 5.74) is 5.56. The van der Waals surface area contributed by atoms with Crippen molar-refractivity contribution in [2.75, 3.05) is 23.7 Å². The number of rotatable bonds is 8. The van der Waals surface area contributed by atoms with Crippen LogP contribution in [0.1, 0.15) is 68.9 Å². The highest BCUT2D eigenvalue weighted by Gasteiger charge is 2.36. The van der Waals surface area contributed by atoms with Gasteiger partial charge < -0.3 is 20.4 Å². The largest absolute Gasteiger partial charge is 0.327 e. The average molecular weight is 643 g/mol. The predicted molar refractivity (Wildman–Crippen MR) is 185 cm³/mol. The molecule has 6 rings (SSSR count). The van der Waals surface area contributed by atoms with Crippen molar-refractivity contribution in [2.24, 2.45) is 0 Å². The van der Waals surface area contributed by atoms with Gasteiger partial charge in [-0.3, -0.25) is 29.1 Å². The minimum atomic E-state index is -0.528. The fraction of sp³-hybridized carbons (Fsp3) is 0.263. The lowest BCUT2D eigenvalue weighted by molar-refractivity contribution is -0.120. The number of amides is 4. The van der Waals surface area contributed by atoms with Crippen LogP contribution in [-0.4, -0.2) is 68.6 Å². The van der Waals surface area contributed by atoms with Gasteiger partial charge in [0.05, 0.1) is 11.1 Å². The molecule has 0 spiro atoms. The van der Waals surface area contributed by atoms with Crippen molar-refractivity contribution in [2.45, 2.75) is 51.6 Å². The number of pyridine rings is 2. The van der Waals surface area contributed by atoms with E-state index in [1.54, 1.807) is 60.3 Å². The number of hydrogen-bond acceptors (Lipinski definition) is 6. The van der Waals surface area contributed by atoms with Gasteiger partial charge in [-0.15, -0.1) is 0 Å². The Morgan fingerprint density at radius 3 is 1.40 bits per heavy atom. The van der Waals surface area contributed by atoms with E-state index in [4.69, 9.17) is 0 Å². The minimum absolute atomic E-state index is 0.169. The van der Waals surface area contributed by atoms with E-state index in [2.05, 4.69) is 20.6 Å². The normalized spacial score (nSPS) is 17.5. The van der Waals surface area contributed by atoms with E-state index in [9.17, 15) is 19.2 Å². The summed E-state index contributed by atoms with van der Waals surface area (Å²) in [6, 6.07) is 20.9. The Morgan fingerprint density at radius 2 is 1.02 bits per heavy atom. The van der Waals surface area contributed by atoms with Crippen molar-refractivity contribution >= 4 is 47.2 Å². The van der Waals surface area contributed by atoms with Crippen LogP contribution in [0.3, 0.4) is 0 Å². The van der Waals surface area contributed by atoms with Gasteiger partial charge in [0.15, 0.2) is 0 Å². The molecule has 2 aromatic carbocycles. The Morgan fingerprint density at radius 1 is 0.625 bits per heavy atom. The van der Waals surface area contributed by atoms with Gasteiger partial charge in [0.2, 0.25) is 11.8 Å². The Hall–Kier alpha value is -5.64. The van der Waals surface area contributed by atoms with Gasteiger partial charge >= 0.3 is 0 Å². The molecule has 2 saturated heterocycles. The molecule has 0 bridgehead atoms. The average Bonchev–Trinajstić information content (AvgIpc) is 3.80. The molecular weight excluding hydrogens is 604 g/mol. The molecule has 4 aromatic rings. The van der Waals surface area contributed by atoms with E-state index in [0.717, 1.165) is 24.0 Å². The smallest absolute Gasteiger partial charge is 0.256 e. The van der Waals surface area contributed by atoms with E-state index in [-0.39, 0.29) is 23.6 Å². The van der Waals surface area contributed by atoms with Crippen LogP contribution in [-0.2, 0) is 9.59 Å². The topological polar surface area (TPSA) is 125 Å².